The summed E-state index contributed by atoms with van der Waals surface area (Å²) in [5.41, 5.74) is 4.39. The Bertz CT molecular complexity index is 993. The second-order valence-electron chi connectivity index (χ2n) is 8.82. The zero-order valence-electron chi connectivity index (χ0n) is 18.5. The van der Waals surface area contributed by atoms with Crippen molar-refractivity contribution >= 4 is 5.91 Å². The molecule has 4 nitrogen and oxygen atoms in total. The van der Waals surface area contributed by atoms with Crippen molar-refractivity contribution in [3.05, 3.63) is 90.3 Å². The number of carbonyl (C=O) groups is 1. The fourth-order valence-corrected chi connectivity index (χ4v) is 4.68. The summed E-state index contributed by atoms with van der Waals surface area (Å²) in [6.07, 6.45) is 4.36. The molecule has 0 bridgehead atoms. The first-order chi connectivity index (χ1) is 15.1. The minimum atomic E-state index is -0.348. The zero-order valence-corrected chi connectivity index (χ0v) is 18.5. The van der Waals surface area contributed by atoms with Gasteiger partial charge in [0.05, 0.1) is 11.1 Å². The van der Waals surface area contributed by atoms with Crippen LogP contribution in [-0.4, -0.2) is 47.9 Å². The summed E-state index contributed by atoms with van der Waals surface area (Å²) in [7, 11) is 3.76. The first-order valence-corrected chi connectivity index (χ1v) is 11.0. The Morgan fingerprint density at radius 1 is 0.935 bits per heavy atom. The normalized spacial score (nSPS) is 16.1. The minimum absolute atomic E-state index is 0.245. The van der Waals surface area contributed by atoms with E-state index in [-0.39, 0.29) is 11.3 Å². The van der Waals surface area contributed by atoms with Gasteiger partial charge < -0.3 is 4.90 Å². The summed E-state index contributed by atoms with van der Waals surface area (Å²) in [6, 6.07) is 25.2. The molecule has 2 heterocycles. The lowest BCUT2D eigenvalue weighted by molar-refractivity contribution is -0.142. The summed E-state index contributed by atoms with van der Waals surface area (Å²) < 4.78 is 0. The van der Waals surface area contributed by atoms with Crippen molar-refractivity contribution in [2.75, 3.05) is 27.2 Å². The lowest BCUT2D eigenvalue weighted by atomic mass is 9.72. The molecule has 3 aromatic rings. The third kappa shape index (κ3) is 5.02. The third-order valence-electron chi connectivity index (χ3n) is 6.36. The molecule has 1 fully saturated rings. The number of aromatic nitrogens is 1. The van der Waals surface area contributed by atoms with Gasteiger partial charge in [-0.3, -0.25) is 14.7 Å². The fraction of sp³-hybridized carbons (Fsp3) is 0.333. The maximum atomic E-state index is 13.3. The van der Waals surface area contributed by atoms with Crippen LogP contribution in [0, 0.1) is 5.41 Å². The number of hydrogen-bond acceptors (Lipinski definition) is 3. The quantitative estimate of drug-likeness (QED) is 0.590. The van der Waals surface area contributed by atoms with Gasteiger partial charge in [-0.15, -0.1) is 0 Å². The molecular weight excluding hydrogens is 382 g/mol. The number of piperidine rings is 1. The predicted octanol–water partition coefficient (Wildman–Crippen LogP) is 4.66. The standard InChI is InChI=1S/C27H31N3O/c1-29(2)26(31)27(14-17-30(18-15-27)21-25-13-6-7-16-28-25)20-22-9-8-12-24(19-22)23-10-4-3-5-11-23/h3-13,16,19H,14-15,17-18,20-21H2,1-2H3. The Labute approximate surface area is 185 Å². The van der Waals surface area contributed by atoms with E-state index < -0.39 is 0 Å². The third-order valence-corrected chi connectivity index (χ3v) is 6.36. The van der Waals surface area contributed by atoms with Gasteiger partial charge in [0.1, 0.15) is 0 Å². The number of carbonyl (C=O) groups excluding carboxylic acids is 1. The Balaban J connectivity index is 1.52. The molecule has 1 aliphatic heterocycles. The van der Waals surface area contributed by atoms with Gasteiger partial charge in [0.15, 0.2) is 0 Å². The summed E-state index contributed by atoms with van der Waals surface area (Å²) in [5, 5.41) is 0. The van der Waals surface area contributed by atoms with E-state index in [0.717, 1.165) is 44.6 Å². The second-order valence-corrected chi connectivity index (χ2v) is 8.82. The van der Waals surface area contributed by atoms with Gasteiger partial charge in [-0.1, -0.05) is 60.7 Å². The van der Waals surface area contributed by atoms with Crippen LogP contribution in [0.2, 0.25) is 0 Å². The molecule has 1 aliphatic rings. The van der Waals surface area contributed by atoms with Crippen molar-refractivity contribution in [1.29, 1.82) is 0 Å². The molecule has 31 heavy (non-hydrogen) atoms. The monoisotopic (exact) mass is 413 g/mol. The molecule has 0 spiro atoms. The Morgan fingerprint density at radius 3 is 2.32 bits per heavy atom. The van der Waals surface area contributed by atoms with Gasteiger partial charge in [0, 0.05) is 26.8 Å². The topological polar surface area (TPSA) is 36.4 Å². The van der Waals surface area contributed by atoms with Crippen molar-refractivity contribution in [3.63, 3.8) is 0 Å². The zero-order chi connectivity index (χ0) is 21.7. The lowest BCUT2D eigenvalue weighted by Gasteiger charge is -2.42. The highest BCUT2D eigenvalue weighted by molar-refractivity contribution is 5.83. The Hall–Kier alpha value is -2.98. The maximum Gasteiger partial charge on any atom is 0.228 e. The van der Waals surface area contributed by atoms with Crippen LogP contribution in [0.15, 0.2) is 79.0 Å². The molecule has 4 rings (SSSR count). The highest BCUT2D eigenvalue weighted by Gasteiger charge is 2.42. The van der Waals surface area contributed by atoms with E-state index in [4.69, 9.17) is 0 Å². The second kappa shape index (κ2) is 9.44. The van der Waals surface area contributed by atoms with E-state index in [1.54, 1.807) is 4.90 Å². The number of benzene rings is 2. The molecule has 0 unspecified atom stereocenters. The molecule has 0 saturated carbocycles. The largest absolute Gasteiger partial charge is 0.348 e. The van der Waals surface area contributed by atoms with Crippen molar-refractivity contribution in [2.24, 2.45) is 5.41 Å². The van der Waals surface area contributed by atoms with E-state index in [2.05, 4.69) is 64.5 Å². The van der Waals surface area contributed by atoms with E-state index in [9.17, 15) is 4.79 Å². The highest BCUT2D eigenvalue weighted by Crippen LogP contribution is 2.38. The Morgan fingerprint density at radius 2 is 1.65 bits per heavy atom. The molecule has 1 aromatic heterocycles. The SMILES string of the molecule is CN(C)C(=O)C1(Cc2cccc(-c3ccccc3)c2)CCN(Cc2ccccn2)CC1. The molecular formula is C27H31N3O. The van der Waals surface area contributed by atoms with Crippen LogP contribution < -0.4 is 0 Å². The molecule has 0 radical (unpaired) electrons. The number of rotatable bonds is 6. The summed E-state index contributed by atoms with van der Waals surface area (Å²) >= 11 is 0. The van der Waals surface area contributed by atoms with Gasteiger partial charge in [0.2, 0.25) is 5.91 Å². The predicted molar refractivity (Wildman–Crippen MR) is 125 cm³/mol. The van der Waals surface area contributed by atoms with E-state index in [0.29, 0.717) is 0 Å². The molecule has 0 aliphatic carbocycles. The maximum absolute atomic E-state index is 13.3. The Kier molecular flexibility index (Phi) is 6.47. The molecule has 160 valence electrons. The average molecular weight is 414 g/mol. The van der Waals surface area contributed by atoms with Crippen molar-refractivity contribution in [3.8, 4) is 11.1 Å². The number of nitrogens with zero attached hydrogens (tertiary/aromatic N) is 3. The highest BCUT2D eigenvalue weighted by atomic mass is 16.2. The molecule has 4 heteroatoms. The van der Waals surface area contributed by atoms with E-state index >= 15 is 0 Å². The minimum Gasteiger partial charge on any atom is -0.348 e. The van der Waals surface area contributed by atoms with E-state index in [1.807, 2.05) is 38.5 Å². The summed E-state index contributed by atoms with van der Waals surface area (Å²) in [4.78, 5) is 22.0. The van der Waals surface area contributed by atoms with Crippen LogP contribution in [-0.2, 0) is 17.8 Å². The molecule has 2 aromatic carbocycles. The first kappa shape index (κ1) is 21.3. The molecule has 1 amide bonds. The average Bonchev–Trinajstić information content (AvgIpc) is 2.81. The van der Waals surface area contributed by atoms with Gasteiger partial charge in [-0.05, 0) is 61.2 Å². The van der Waals surface area contributed by atoms with Crippen LogP contribution in [0.1, 0.15) is 24.1 Å². The summed E-state index contributed by atoms with van der Waals surface area (Å²) in [5.74, 6) is 0.245. The number of likely N-dealkylation sites (tertiary alicyclic amines) is 1. The van der Waals surface area contributed by atoms with Crippen LogP contribution in [0.4, 0.5) is 0 Å². The van der Waals surface area contributed by atoms with Crippen LogP contribution >= 0.6 is 0 Å². The van der Waals surface area contributed by atoms with Crippen molar-refractivity contribution in [1.82, 2.24) is 14.8 Å². The molecule has 0 atom stereocenters. The van der Waals surface area contributed by atoms with E-state index in [1.165, 1.54) is 16.7 Å². The van der Waals surface area contributed by atoms with Crippen LogP contribution in [0.3, 0.4) is 0 Å². The van der Waals surface area contributed by atoms with Gasteiger partial charge in [-0.2, -0.15) is 0 Å². The first-order valence-electron chi connectivity index (χ1n) is 11.0. The number of amides is 1. The van der Waals surface area contributed by atoms with Crippen LogP contribution in [0.5, 0.6) is 0 Å². The molecule has 1 saturated heterocycles. The molecule has 0 N–H and O–H groups in total. The number of hydrogen-bond donors (Lipinski definition) is 0. The smallest absolute Gasteiger partial charge is 0.228 e. The van der Waals surface area contributed by atoms with Gasteiger partial charge in [-0.25, -0.2) is 0 Å². The summed E-state index contributed by atoms with van der Waals surface area (Å²) in [6.45, 7) is 2.67. The van der Waals surface area contributed by atoms with Crippen molar-refractivity contribution < 1.29 is 4.79 Å². The van der Waals surface area contributed by atoms with Gasteiger partial charge in [0.25, 0.3) is 0 Å². The lowest BCUT2D eigenvalue weighted by Crippen LogP contribution is -2.49. The van der Waals surface area contributed by atoms with Crippen LogP contribution in [0.25, 0.3) is 11.1 Å². The number of pyridine rings is 1. The van der Waals surface area contributed by atoms with Gasteiger partial charge >= 0.3 is 0 Å². The van der Waals surface area contributed by atoms with Crippen molar-refractivity contribution in [2.45, 2.75) is 25.8 Å². The fourth-order valence-electron chi connectivity index (χ4n) is 4.68.